The van der Waals surface area contributed by atoms with Gasteiger partial charge in [-0.25, -0.2) is 9.59 Å². The van der Waals surface area contributed by atoms with Gasteiger partial charge in [0.15, 0.2) is 0 Å². The number of nitriles is 1. The zero-order chi connectivity index (χ0) is 33.8. The molecule has 0 saturated heterocycles. The minimum absolute atomic E-state index is 0.0942. The van der Waals surface area contributed by atoms with Crippen molar-refractivity contribution in [3.63, 3.8) is 0 Å². The van der Waals surface area contributed by atoms with Gasteiger partial charge in [-0.3, -0.25) is 9.59 Å². The number of hydrogen-bond donors (Lipinski definition) is 3. The highest BCUT2D eigenvalue weighted by atomic mass is 32.2. The molecule has 0 aliphatic rings. The Bertz CT molecular complexity index is 1350. The Morgan fingerprint density at radius 2 is 1.58 bits per heavy atom. The number of nitrogens with zero attached hydrogens (tertiary/aromatic N) is 2. The van der Waals surface area contributed by atoms with E-state index in [1.54, 1.807) is 65.8 Å². The number of carbonyl (C=O) groups is 4. The zero-order valence-corrected chi connectivity index (χ0v) is 27.8. The molecule has 45 heavy (non-hydrogen) atoms. The molecule has 3 amide bonds. The number of ether oxygens (including phenoxy) is 2. The van der Waals surface area contributed by atoms with Gasteiger partial charge in [-0.2, -0.15) is 17.0 Å². The fraction of sp³-hybridized carbons (Fsp3) is 0.485. The van der Waals surface area contributed by atoms with Crippen LogP contribution in [0.4, 0.5) is 4.79 Å². The van der Waals surface area contributed by atoms with Crippen molar-refractivity contribution < 1.29 is 33.8 Å². The number of carbonyl (C=O) groups excluding carboxylic acids is 4. The van der Waals surface area contributed by atoms with Crippen LogP contribution in [0.2, 0.25) is 0 Å². The lowest BCUT2D eigenvalue weighted by Gasteiger charge is -2.34. The molecule has 0 radical (unpaired) electrons. The van der Waals surface area contributed by atoms with E-state index in [4.69, 9.17) is 9.47 Å². The molecule has 0 aliphatic carbocycles. The van der Waals surface area contributed by atoms with E-state index in [-0.39, 0.29) is 24.2 Å². The van der Waals surface area contributed by atoms with E-state index in [9.17, 15) is 29.5 Å². The maximum atomic E-state index is 14.2. The Hall–Kier alpha value is -4.24. The minimum atomic E-state index is -1.46. The number of alkyl carbamates (subject to hydrolysis) is 1. The van der Waals surface area contributed by atoms with Crippen molar-refractivity contribution in [1.82, 2.24) is 15.5 Å². The van der Waals surface area contributed by atoms with Crippen LogP contribution in [0.15, 0.2) is 54.6 Å². The van der Waals surface area contributed by atoms with Crippen LogP contribution in [0.3, 0.4) is 0 Å². The highest BCUT2D eigenvalue weighted by Gasteiger charge is 2.38. The van der Waals surface area contributed by atoms with Crippen molar-refractivity contribution in [2.24, 2.45) is 0 Å². The van der Waals surface area contributed by atoms with E-state index < -0.39 is 59.7 Å². The molecule has 3 atom stereocenters. The maximum Gasteiger partial charge on any atom is 0.408 e. The number of aromatic hydroxyl groups is 1. The Morgan fingerprint density at radius 1 is 0.933 bits per heavy atom. The number of benzene rings is 2. The molecule has 2 aromatic rings. The third-order valence-corrected chi connectivity index (χ3v) is 6.80. The molecule has 0 aromatic heterocycles. The number of phenolic OH excluding ortho intramolecular Hbond substituents is 1. The summed E-state index contributed by atoms with van der Waals surface area (Å²) in [4.78, 5) is 55.3. The Labute approximate surface area is 269 Å². The summed E-state index contributed by atoms with van der Waals surface area (Å²) in [5.41, 5.74) is -0.726. The highest BCUT2D eigenvalue weighted by molar-refractivity contribution is 7.98. The lowest BCUT2D eigenvalue weighted by atomic mass is 10.00. The molecule has 0 spiro atoms. The van der Waals surface area contributed by atoms with Gasteiger partial charge in [0.05, 0.1) is 6.07 Å². The fourth-order valence-corrected chi connectivity index (χ4v) is 4.82. The molecular formula is C33H44N4O7S. The molecule has 3 N–H and O–H groups in total. The first kappa shape index (κ1) is 36.9. The van der Waals surface area contributed by atoms with Gasteiger partial charge in [-0.1, -0.05) is 42.5 Å². The van der Waals surface area contributed by atoms with Crippen molar-refractivity contribution in [2.45, 2.75) is 83.7 Å². The largest absolute Gasteiger partial charge is 0.508 e. The second kappa shape index (κ2) is 16.7. The van der Waals surface area contributed by atoms with Crippen LogP contribution < -0.4 is 10.6 Å². The molecule has 2 aromatic carbocycles. The van der Waals surface area contributed by atoms with Crippen molar-refractivity contribution in [1.29, 1.82) is 5.26 Å². The average Bonchev–Trinajstić information content (AvgIpc) is 2.93. The highest BCUT2D eigenvalue weighted by Crippen LogP contribution is 2.26. The first-order chi connectivity index (χ1) is 21.0. The molecule has 0 bridgehead atoms. The fourth-order valence-electron chi connectivity index (χ4n) is 4.35. The summed E-state index contributed by atoms with van der Waals surface area (Å²) in [6.07, 6.45) is 1.29. The number of rotatable bonds is 13. The topological polar surface area (TPSA) is 158 Å². The smallest absolute Gasteiger partial charge is 0.408 e. The number of amides is 3. The van der Waals surface area contributed by atoms with Crippen molar-refractivity contribution >= 4 is 35.6 Å². The van der Waals surface area contributed by atoms with Gasteiger partial charge in [0.2, 0.25) is 11.8 Å². The number of esters is 1. The predicted molar refractivity (Wildman–Crippen MR) is 172 cm³/mol. The number of nitrogens with one attached hydrogen (secondary N) is 2. The van der Waals surface area contributed by atoms with E-state index in [0.717, 1.165) is 10.5 Å². The third kappa shape index (κ3) is 12.7. The minimum Gasteiger partial charge on any atom is -0.508 e. The summed E-state index contributed by atoms with van der Waals surface area (Å²) in [7, 11) is 0. The molecule has 244 valence electrons. The monoisotopic (exact) mass is 640 g/mol. The summed E-state index contributed by atoms with van der Waals surface area (Å²) in [5, 5.41) is 25.4. The number of phenols is 1. The summed E-state index contributed by atoms with van der Waals surface area (Å²) >= 11 is 1.45. The van der Waals surface area contributed by atoms with E-state index >= 15 is 0 Å². The average molecular weight is 641 g/mol. The molecule has 0 fully saturated rings. The summed E-state index contributed by atoms with van der Waals surface area (Å²) in [5.74, 6) is -1.87. The SMILES string of the molecule is CSCCC(NC(=O)OC(C)(C)C)C(=O)N(CC#N)C(C(=O)NC(Cc1ccccc1)C(=O)OC(C)(C)C)c1cccc(O)c1. The van der Waals surface area contributed by atoms with Crippen LogP contribution in [-0.4, -0.2) is 75.7 Å². The zero-order valence-electron chi connectivity index (χ0n) is 27.0. The molecule has 12 heteroatoms. The van der Waals surface area contributed by atoms with Crippen LogP contribution in [-0.2, 0) is 30.3 Å². The molecule has 0 heterocycles. The Morgan fingerprint density at radius 3 is 2.13 bits per heavy atom. The molecule has 0 saturated carbocycles. The van der Waals surface area contributed by atoms with Gasteiger partial charge in [0.1, 0.15) is 41.6 Å². The van der Waals surface area contributed by atoms with E-state index in [1.165, 1.54) is 36.0 Å². The normalized spacial score (nSPS) is 13.4. The molecule has 11 nitrogen and oxygen atoms in total. The van der Waals surface area contributed by atoms with E-state index in [2.05, 4.69) is 10.6 Å². The van der Waals surface area contributed by atoms with E-state index in [0.29, 0.717) is 5.75 Å². The van der Waals surface area contributed by atoms with Crippen molar-refractivity contribution in [3.05, 3.63) is 65.7 Å². The van der Waals surface area contributed by atoms with Gasteiger partial charge in [-0.15, -0.1) is 0 Å². The van der Waals surface area contributed by atoms with E-state index in [1.807, 2.05) is 18.4 Å². The van der Waals surface area contributed by atoms with Crippen LogP contribution in [0.1, 0.15) is 65.1 Å². The van der Waals surface area contributed by atoms with Crippen LogP contribution in [0.5, 0.6) is 5.75 Å². The first-order valence-electron chi connectivity index (χ1n) is 14.6. The van der Waals surface area contributed by atoms with Gasteiger partial charge in [0.25, 0.3) is 0 Å². The van der Waals surface area contributed by atoms with Gasteiger partial charge >= 0.3 is 12.1 Å². The van der Waals surface area contributed by atoms with Crippen LogP contribution >= 0.6 is 11.8 Å². The lowest BCUT2D eigenvalue weighted by molar-refractivity contribution is -0.159. The number of thioether (sulfide) groups is 1. The van der Waals surface area contributed by atoms with Crippen LogP contribution in [0.25, 0.3) is 0 Å². The lowest BCUT2D eigenvalue weighted by Crippen LogP contribution is -2.55. The van der Waals surface area contributed by atoms with Gasteiger partial charge in [-0.05, 0) is 83.2 Å². The standard InChI is InChI=1S/C33H44N4O7S/c1-32(2,3)43-30(41)26(20-22-12-9-8-10-13-22)35-28(39)27(23-14-11-15-24(38)21-23)37(18-17-34)29(40)25(16-19-45-7)36-31(42)44-33(4,5)6/h8-15,21,25-27,38H,16,18-20H2,1-7H3,(H,35,39)(H,36,42). The second-order valence-electron chi connectivity index (χ2n) is 12.4. The molecular weight excluding hydrogens is 596 g/mol. The predicted octanol–water partition coefficient (Wildman–Crippen LogP) is 4.50. The summed E-state index contributed by atoms with van der Waals surface area (Å²) < 4.78 is 11.0. The van der Waals surface area contributed by atoms with Gasteiger partial charge in [0, 0.05) is 6.42 Å². The van der Waals surface area contributed by atoms with Crippen molar-refractivity contribution in [2.75, 3.05) is 18.6 Å². The molecule has 3 unspecified atom stereocenters. The van der Waals surface area contributed by atoms with Crippen LogP contribution in [0, 0.1) is 11.3 Å². The molecule has 0 aliphatic heterocycles. The van der Waals surface area contributed by atoms with Gasteiger partial charge < -0.3 is 30.1 Å². The second-order valence-corrected chi connectivity index (χ2v) is 13.4. The molecule has 2 rings (SSSR count). The quantitative estimate of drug-likeness (QED) is 0.212. The maximum absolute atomic E-state index is 14.2. The number of hydrogen-bond acceptors (Lipinski definition) is 9. The summed E-state index contributed by atoms with van der Waals surface area (Å²) in [6, 6.07) is 13.0. The van der Waals surface area contributed by atoms with Crippen molar-refractivity contribution in [3.8, 4) is 11.8 Å². The Balaban J connectivity index is 2.57. The Kier molecular flexibility index (Phi) is 13.7. The summed E-state index contributed by atoms with van der Waals surface area (Å²) in [6.45, 7) is 9.66. The third-order valence-electron chi connectivity index (χ3n) is 6.16. The first-order valence-corrected chi connectivity index (χ1v) is 16.0.